The summed E-state index contributed by atoms with van der Waals surface area (Å²) < 4.78 is 0. The highest BCUT2D eigenvalue weighted by Gasteiger charge is 2.28. The van der Waals surface area contributed by atoms with Gasteiger partial charge in [0, 0.05) is 24.1 Å². The number of carbonyl (C=O) groups is 2. The molecular formula is C18H14N2O2. The number of anilines is 1. The van der Waals surface area contributed by atoms with Crippen molar-refractivity contribution in [1.29, 1.82) is 5.26 Å². The lowest BCUT2D eigenvalue weighted by atomic mass is 9.97. The SMILES string of the molecule is Cc1ccc2c(c1)C(=O)CCN2C(=O)c1cccc(C#N)c1. The normalized spacial score (nSPS) is 13.5. The van der Waals surface area contributed by atoms with Crippen molar-refractivity contribution in [2.24, 2.45) is 0 Å². The average molecular weight is 290 g/mol. The Morgan fingerprint density at radius 3 is 2.82 bits per heavy atom. The van der Waals surface area contributed by atoms with Crippen LogP contribution in [0.5, 0.6) is 0 Å². The molecule has 0 aliphatic carbocycles. The number of ketones is 1. The van der Waals surface area contributed by atoms with E-state index in [1.54, 1.807) is 29.2 Å². The molecule has 0 N–H and O–H groups in total. The lowest BCUT2D eigenvalue weighted by Gasteiger charge is -2.29. The summed E-state index contributed by atoms with van der Waals surface area (Å²) in [5.41, 5.74) is 3.14. The topological polar surface area (TPSA) is 61.2 Å². The molecule has 108 valence electrons. The second-order valence-corrected chi connectivity index (χ2v) is 5.34. The van der Waals surface area contributed by atoms with Crippen LogP contribution in [-0.2, 0) is 0 Å². The molecule has 0 spiro atoms. The van der Waals surface area contributed by atoms with Crippen molar-refractivity contribution in [3.63, 3.8) is 0 Å². The second kappa shape index (κ2) is 5.45. The molecule has 0 bridgehead atoms. The number of carbonyl (C=O) groups excluding carboxylic acids is 2. The van der Waals surface area contributed by atoms with Crippen LogP contribution < -0.4 is 4.90 Å². The van der Waals surface area contributed by atoms with Gasteiger partial charge < -0.3 is 4.90 Å². The molecule has 0 fully saturated rings. The number of nitriles is 1. The van der Waals surface area contributed by atoms with Crippen LogP contribution in [0, 0.1) is 18.3 Å². The molecule has 0 unspecified atom stereocenters. The number of aryl methyl sites for hydroxylation is 1. The maximum Gasteiger partial charge on any atom is 0.258 e. The fourth-order valence-electron chi connectivity index (χ4n) is 2.67. The van der Waals surface area contributed by atoms with Gasteiger partial charge in [0.05, 0.1) is 17.3 Å². The highest BCUT2D eigenvalue weighted by Crippen LogP contribution is 2.29. The van der Waals surface area contributed by atoms with Crippen molar-refractivity contribution >= 4 is 17.4 Å². The number of amides is 1. The second-order valence-electron chi connectivity index (χ2n) is 5.34. The van der Waals surface area contributed by atoms with Gasteiger partial charge in [0.25, 0.3) is 5.91 Å². The molecule has 2 aromatic carbocycles. The first kappa shape index (κ1) is 14.0. The van der Waals surface area contributed by atoms with Gasteiger partial charge >= 0.3 is 0 Å². The Bertz CT molecular complexity index is 818. The van der Waals surface area contributed by atoms with E-state index in [1.807, 2.05) is 31.2 Å². The first-order valence-corrected chi connectivity index (χ1v) is 7.06. The summed E-state index contributed by atoms with van der Waals surface area (Å²) >= 11 is 0. The fourth-order valence-corrected chi connectivity index (χ4v) is 2.67. The molecule has 1 amide bonds. The van der Waals surface area contributed by atoms with E-state index < -0.39 is 0 Å². The van der Waals surface area contributed by atoms with Gasteiger partial charge in [-0.25, -0.2) is 0 Å². The Kier molecular flexibility index (Phi) is 3.48. The van der Waals surface area contributed by atoms with Crippen molar-refractivity contribution in [3.05, 3.63) is 64.7 Å². The van der Waals surface area contributed by atoms with Crippen LogP contribution in [0.2, 0.25) is 0 Å². The molecule has 3 rings (SSSR count). The molecule has 0 radical (unpaired) electrons. The van der Waals surface area contributed by atoms with Gasteiger partial charge in [0.2, 0.25) is 0 Å². The lowest BCUT2D eigenvalue weighted by Crippen LogP contribution is -2.37. The smallest absolute Gasteiger partial charge is 0.258 e. The third-order valence-electron chi connectivity index (χ3n) is 3.79. The van der Waals surface area contributed by atoms with Crippen LogP contribution in [-0.4, -0.2) is 18.2 Å². The van der Waals surface area contributed by atoms with E-state index in [9.17, 15) is 9.59 Å². The molecule has 0 atom stereocenters. The van der Waals surface area contributed by atoms with Gasteiger partial charge in [0.1, 0.15) is 0 Å². The first-order valence-electron chi connectivity index (χ1n) is 7.06. The van der Waals surface area contributed by atoms with Gasteiger partial charge in [-0.3, -0.25) is 9.59 Å². The summed E-state index contributed by atoms with van der Waals surface area (Å²) in [6, 6.07) is 14.2. The van der Waals surface area contributed by atoms with Gasteiger partial charge in [-0.1, -0.05) is 17.7 Å². The zero-order chi connectivity index (χ0) is 15.7. The Morgan fingerprint density at radius 2 is 2.05 bits per heavy atom. The van der Waals surface area contributed by atoms with Crippen LogP contribution in [0.1, 0.15) is 38.3 Å². The third-order valence-corrected chi connectivity index (χ3v) is 3.79. The molecule has 1 heterocycles. The number of rotatable bonds is 1. The highest BCUT2D eigenvalue weighted by atomic mass is 16.2. The molecule has 1 aliphatic rings. The van der Waals surface area contributed by atoms with Crippen LogP contribution in [0.15, 0.2) is 42.5 Å². The molecule has 1 aliphatic heterocycles. The standard InChI is InChI=1S/C18H14N2O2/c1-12-5-6-16-15(9-12)17(21)7-8-20(16)18(22)14-4-2-3-13(10-14)11-19/h2-6,9-10H,7-8H2,1H3. The van der Waals surface area contributed by atoms with Crippen LogP contribution >= 0.6 is 0 Å². The van der Waals surface area contributed by atoms with E-state index in [0.29, 0.717) is 35.3 Å². The molecule has 2 aromatic rings. The molecule has 4 heteroatoms. The monoisotopic (exact) mass is 290 g/mol. The summed E-state index contributed by atoms with van der Waals surface area (Å²) in [5, 5.41) is 8.96. The van der Waals surface area contributed by atoms with E-state index in [2.05, 4.69) is 0 Å². The number of hydrogen-bond donors (Lipinski definition) is 0. The van der Waals surface area contributed by atoms with Crippen molar-refractivity contribution in [2.45, 2.75) is 13.3 Å². The highest BCUT2D eigenvalue weighted by molar-refractivity contribution is 6.13. The van der Waals surface area contributed by atoms with E-state index in [-0.39, 0.29) is 11.7 Å². The van der Waals surface area contributed by atoms with Crippen molar-refractivity contribution in [1.82, 2.24) is 0 Å². The maximum absolute atomic E-state index is 12.7. The quantitative estimate of drug-likeness (QED) is 0.810. The third kappa shape index (κ3) is 2.38. The van der Waals surface area contributed by atoms with E-state index in [1.165, 1.54) is 0 Å². The minimum absolute atomic E-state index is 0.0634. The van der Waals surface area contributed by atoms with Gasteiger partial charge in [-0.05, 0) is 37.3 Å². The van der Waals surface area contributed by atoms with E-state index >= 15 is 0 Å². The maximum atomic E-state index is 12.7. The lowest BCUT2D eigenvalue weighted by molar-refractivity contribution is 0.0955. The number of Topliss-reactive ketones (excluding diaryl/α,β-unsaturated/α-hetero) is 1. The molecule has 0 aromatic heterocycles. The average Bonchev–Trinajstić information content (AvgIpc) is 2.55. The van der Waals surface area contributed by atoms with Crippen molar-refractivity contribution < 1.29 is 9.59 Å². The van der Waals surface area contributed by atoms with Crippen LogP contribution in [0.4, 0.5) is 5.69 Å². The predicted molar refractivity (Wildman–Crippen MR) is 83.0 cm³/mol. The van der Waals surface area contributed by atoms with Crippen molar-refractivity contribution in [3.8, 4) is 6.07 Å². The minimum Gasteiger partial charge on any atom is -0.307 e. The van der Waals surface area contributed by atoms with Gasteiger partial charge in [0.15, 0.2) is 5.78 Å². The largest absolute Gasteiger partial charge is 0.307 e. The molecule has 0 saturated heterocycles. The summed E-state index contributed by atoms with van der Waals surface area (Å²) in [5.74, 6) is -0.122. The van der Waals surface area contributed by atoms with Crippen LogP contribution in [0.3, 0.4) is 0 Å². The number of fused-ring (bicyclic) bond motifs is 1. The van der Waals surface area contributed by atoms with E-state index in [4.69, 9.17) is 5.26 Å². The Balaban J connectivity index is 2.03. The van der Waals surface area contributed by atoms with Gasteiger partial charge in [-0.15, -0.1) is 0 Å². The van der Waals surface area contributed by atoms with Gasteiger partial charge in [-0.2, -0.15) is 5.26 Å². The minimum atomic E-state index is -0.185. The molecule has 22 heavy (non-hydrogen) atoms. The summed E-state index contributed by atoms with van der Waals surface area (Å²) in [4.78, 5) is 26.4. The first-order chi connectivity index (χ1) is 10.6. The predicted octanol–water partition coefficient (Wildman–Crippen LogP) is 3.10. The zero-order valence-electron chi connectivity index (χ0n) is 12.2. The number of benzene rings is 2. The Hall–Kier alpha value is -2.93. The fraction of sp³-hybridized carbons (Fsp3) is 0.167. The molecular weight excluding hydrogens is 276 g/mol. The van der Waals surface area contributed by atoms with Crippen molar-refractivity contribution in [2.75, 3.05) is 11.4 Å². The Morgan fingerprint density at radius 1 is 1.23 bits per heavy atom. The summed E-state index contributed by atoms with van der Waals surface area (Å²) in [6.45, 7) is 2.29. The zero-order valence-corrected chi connectivity index (χ0v) is 12.2. The van der Waals surface area contributed by atoms with E-state index in [0.717, 1.165) is 5.56 Å². The van der Waals surface area contributed by atoms with Crippen LogP contribution in [0.25, 0.3) is 0 Å². The number of nitrogens with zero attached hydrogens (tertiary/aromatic N) is 2. The Labute approximate surface area is 128 Å². The molecule has 4 nitrogen and oxygen atoms in total. The molecule has 0 saturated carbocycles. The summed E-state index contributed by atoms with van der Waals surface area (Å²) in [7, 11) is 0. The number of hydrogen-bond acceptors (Lipinski definition) is 3. The summed E-state index contributed by atoms with van der Waals surface area (Å²) in [6.07, 6.45) is 0.320.